The van der Waals surface area contributed by atoms with Crippen LogP contribution in [0.2, 0.25) is 0 Å². The lowest BCUT2D eigenvalue weighted by Gasteiger charge is -2.36. The third kappa shape index (κ3) is 1.83. The quantitative estimate of drug-likeness (QED) is 0.326. The SMILES string of the molecule is CC[C@@H]1Cc2ccccc2CN1C(N)=NO. The first-order valence-electron chi connectivity index (χ1n) is 5.57. The van der Waals surface area contributed by atoms with E-state index in [1.807, 2.05) is 11.0 Å². The van der Waals surface area contributed by atoms with Gasteiger partial charge in [-0.2, -0.15) is 0 Å². The van der Waals surface area contributed by atoms with Crippen LogP contribution in [0.1, 0.15) is 24.5 Å². The second-order valence-electron chi connectivity index (χ2n) is 4.12. The molecule has 1 aromatic carbocycles. The molecule has 0 bridgehead atoms. The number of benzene rings is 1. The smallest absolute Gasteiger partial charge is 0.233 e. The van der Waals surface area contributed by atoms with Gasteiger partial charge in [0.15, 0.2) is 0 Å². The number of fused-ring (bicyclic) bond motifs is 1. The fourth-order valence-electron chi connectivity index (χ4n) is 2.28. The van der Waals surface area contributed by atoms with Crippen LogP contribution in [0.4, 0.5) is 0 Å². The van der Waals surface area contributed by atoms with Gasteiger partial charge in [0, 0.05) is 12.6 Å². The van der Waals surface area contributed by atoms with Crippen LogP contribution in [-0.2, 0) is 13.0 Å². The lowest BCUT2D eigenvalue weighted by molar-refractivity contribution is 0.245. The zero-order valence-corrected chi connectivity index (χ0v) is 9.43. The van der Waals surface area contributed by atoms with E-state index < -0.39 is 0 Å². The third-order valence-corrected chi connectivity index (χ3v) is 3.22. The Morgan fingerprint density at radius 3 is 2.81 bits per heavy atom. The molecule has 0 spiro atoms. The lowest BCUT2D eigenvalue weighted by Crippen LogP contribution is -2.47. The summed E-state index contributed by atoms with van der Waals surface area (Å²) in [6, 6.07) is 8.66. The molecule has 0 aliphatic carbocycles. The first-order chi connectivity index (χ1) is 7.76. The summed E-state index contributed by atoms with van der Waals surface area (Å²) in [6.07, 6.45) is 1.95. The summed E-state index contributed by atoms with van der Waals surface area (Å²) in [5, 5.41) is 11.9. The maximum absolute atomic E-state index is 8.77. The standard InChI is InChI=1S/C12H17N3O/c1-2-11-7-9-5-3-4-6-10(9)8-15(11)12(13)14-16/h3-6,11,16H,2,7-8H2,1H3,(H2,13,14)/t11-/m1/s1. The molecule has 0 saturated carbocycles. The van der Waals surface area contributed by atoms with Gasteiger partial charge in [0.1, 0.15) is 0 Å². The van der Waals surface area contributed by atoms with E-state index >= 15 is 0 Å². The minimum absolute atomic E-state index is 0.210. The Morgan fingerprint density at radius 2 is 2.19 bits per heavy atom. The van der Waals surface area contributed by atoms with Crippen LogP contribution >= 0.6 is 0 Å². The van der Waals surface area contributed by atoms with Gasteiger partial charge < -0.3 is 15.8 Å². The minimum atomic E-state index is 0.210. The molecule has 86 valence electrons. The fourth-order valence-corrected chi connectivity index (χ4v) is 2.28. The van der Waals surface area contributed by atoms with Crippen molar-refractivity contribution in [1.82, 2.24) is 4.90 Å². The van der Waals surface area contributed by atoms with E-state index in [1.165, 1.54) is 11.1 Å². The van der Waals surface area contributed by atoms with Crippen LogP contribution in [0.25, 0.3) is 0 Å². The monoisotopic (exact) mass is 219 g/mol. The summed E-state index contributed by atoms with van der Waals surface area (Å²) in [4.78, 5) is 1.96. The van der Waals surface area contributed by atoms with Gasteiger partial charge >= 0.3 is 0 Å². The van der Waals surface area contributed by atoms with E-state index in [0.29, 0.717) is 6.04 Å². The van der Waals surface area contributed by atoms with Crippen molar-refractivity contribution in [3.8, 4) is 0 Å². The summed E-state index contributed by atoms with van der Waals surface area (Å²) in [5.74, 6) is 0.210. The van der Waals surface area contributed by atoms with Crippen LogP contribution in [0.3, 0.4) is 0 Å². The second kappa shape index (κ2) is 4.43. The maximum atomic E-state index is 8.77. The summed E-state index contributed by atoms with van der Waals surface area (Å²) in [7, 11) is 0. The van der Waals surface area contributed by atoms with Crippen LogP contribution in [0, 0.1) is 0 Å². The van der Waals surface area contributed by atoms with Crippen molar-refractivity contribution in [2.75, 3.05) is 0 Å². The van der Waals surface area contributed by atoms with Crippen LogP contribution in [0.15, 0.2) is 29.4 Å². The highest BCUT2D eigenvalue weighted by atomic mass is 16.4. The topological polar surface area (TPSA) is 61.8 Å². The van der Waals surface area contributed by atoms with E-state index in [2.05, 4.69) is 30.3 Å². The normalized spacial score (nSPS) is 20.7. The number of hydrogen-bond acceptors (Lipinski definition) is 2. The molecule has 0 amide bonds. The zero-order chi connectivity index (χ0) is 11.5. The van der Waals surface area contributed by atoms with E-state index in [-0.39, 0.29) is 5.96 Å². The van der Waals surface area contributed by atoms with Crippen molar-refractivity contribution in [2.45, 2.75) is 32.4 Å². The molecule has 0 unspecified atom stereocenters. The Balaban J connectivity index is 2.31. The minimum Gasteiger partial charge on any atom is -0.408 e. The Hall–Kier alpha value is -1.71. The molecule has 1 aliphatic heterocycles. The van der Waals surface area contributed by atoms with Crippen LogP contribution in [-0.4, -0.2) is 22.1 Å². The van der Waals surface area contributed by atoms with Gasteiger partial charge in [0.05, 0.1) is 0 Å². The number of oxime groups is 1. The van der Waals surface area contributed by atoms with Crippen molar-refractivity contribution < 1.29 is 5.21 Å². The average Bonchev–Trinajstić information content (AvgIpc) is 2.36. The molecule has 1 heterocycles. The predicted molar refractivity (Wildman–Crippen MR) is 63.2 cm³/mol. The molecular formula is C12H17N3O. The fraction of sp³-hybridized carbons (Fsp3) is 0.417. The molecule has 0 radical (unpaired) electrons. The maximum Gasteiger partial charge on any atom is 0.233 e. The Morgan fingerprint density at radius 1 is 1.50 bits per heavy atom. The Labute approximate surface area is 95.4 Å². The number of nitrogens with two attached hydrogens (primary N) is 1. The Kier molecular flexibility index (Phi) is 2.99. The second-order valence-corrected chi connectivity index (χ2v) is 4.12. The first-order valence-corrected chi connectivity index (χ1v) is 5.57. The first kappa shape index (κ1) is 10.8. The summed E-state index contributed by atoms with van der Waals surface area (Å²) in [6.45, 7) is 2.85. The van der Waals surface area contributed by atoms with E-state index in [0.717, 1.165) is 19.4 Å². The number of guanidine groups is 1. The molecule has 4 heteroatoms. The molecule has 1 atom stereocenters. The molecular weight excluding hydrogens is 202 g/mol. The lowest BCUT2D eigenvalue weighted by atomic mass is 9.93. The van der Waals surface area contributed by atoms with Gasteiger partial charge in [-0.15, -0.1) is 0 Å². The van der Waals surface area contributed by atoms with Crippen molar-refractivity contribution in [3.63, 3.8) is 0 Å². The molecule has 4 nitrogen and oxygen atoms in total. The zero-order valence-electron chi connectivity index (χ0n) is 9.43. The number of rotatable bonds is 1. The summed E-state index contributed by atoms with van der Waals surface area (Å²) < 4.78 is 0. The van der Waals surface area contributed by atoms with Crippen molar-refractivity contribution in [1.29, 1.82) is 0 Å². The van der Waals surface area contributed by atoms with Crippen molar-refractivity contribution >= 4 is 5.96 Å². The van der Waals surface area contributed by atoms with Crippen molar-refractivity contribution in [3.05, 3.63) is 35.4 Å². The highest BCUT2D eigenvalue weighted by Crippen LogP contribution is 2.24. The van der Waals surface area contributed by atoms with Gasteiger partial charge in [-0.25, -0.2) is 0 Å². The molecule has 1 aliphatic rings. The summed E-state index contributed by atoms with van der Waals surface area (Å²) >= 11 is 0. The molecule has 3 N–H and O–H groups in total. The van der Waals surface area contributed by atoms with E-state index in [9.17, 15) is 0 Å². The molecule has 2 rings (SSSR count). The van der Waals surface area contributed by atoms with Gasteiger partial charge in [-0.05, 0) is 24.0 Å². The number of nitrogens with zero attached hydrogens (tertiary/aromatic N) is 2. The van der Waals surface area contributed by atoms with Gasteiger partial charge in [0.25, 0.3) is 0 Å². The van der Waals surface area contributed by atoms with Crippen molar-refractivity contribution in [2.24, 2.45) is 10.9 Å². The van der Waals surface area contributed by atoms with Crippen LogP contribution in [0.5, 0.6) is 0 Å². The van der Waals surface area contributed by atoms with E-state index in [1.54, 1.807) is 0 Å². The molecule has 0 saturated heterocycles. The summed E-state index contributed by atoms with van der Waals surface area (Å²) in [5.41, 5.74) is 8.33. The largest absolute Gasteiger partial charge is 0.408 e. The van der Waals surface area contributed by atoms with Gasteiger partial charge in [-0.1, -0.05) is 36.3 Å². The third-order valence-electron chi connectivity index (χ3n) is 3.22. The van der Waals surface area contributed by atoms with Crippen LogP contribution < -0.4 is 5.73 Å². The predicted octanol–water partition coefficient (Wildman–Crippen LogP) is 1.53. The van der Waals surface area contributed by atoms with Gasteiger partial charge in [-0.3, -0.25) is 0 Å². The molecule has 16 heavy (non-hydrogen) atoms. The highest BCUT2D eigenvalue weighted by molar-refractivity contribution is 5.78. The van der Waals surface area contributed by atoms with Gasteiger partial charge in [0.2, 0.25) is 5.96 Å². The molecule has 1 aromatic rings. The molecule has 0 aromatic heterocycles. The Bertz CT molecular complexity index is 403. The van der Waals surface area contributed by atoms with E-state index in [4.69, 9.17) is 10.9 Å². The number of hydrogen-bond donors (Lipinski definition) is 2. The molecule has 0 fully saturated rings. The average molecular weight is 219 g/mol. The highest BCUT2D eigenvalue weighted by Gasteiger charge is 2.26.